The van der Waals surface area contributed by atoms with Crippen molar-refractivity contribution in [3.63, 3.8) is 0 Å². The van der Waals surface area contributed by atoms with Gasteiger partial charge in [0.1, 0.15) is 6.29 Å². The van der Waals surface area contributed by atoms with Crippen LogP contribution in [0.5, 0.6) is 0 Å². The summed E-state index contributed by atoms with van der Waals surface area (Å²) in [6.07, 6.45) is 26.8. The lowest BCUT2D eigenvalue weighted by molar-refractivity contribution is -0.104. The Morgan fingerprint density at radius 1 is 0.821 bits per heavy atom. The minimum absolute atomic E-state index is 0.288. The van der Waals surface area contributed by atoms with E-state index in [1.165, 1.54) is 47.6 Å². The third kappa shape index (κ3) is 8.99. The zero-order valence-electron chi connectivity index (χ0n) is 18.5. The molecule has 0 aromatic carbocycles. The molecule has 0 N–H and O–H groups in total. The second kappa shape index (κ2) is 12.1. The van der Waals surface area contributed by atoms with Gasteiger partial charge in [-0.1, -0.05) is 96.9 Å². The fourth-order valence-corrected chi connectivity index (χ4v) is 3.35. The highest BCUT2D eigenvalue weighted by atomic mass is 16.1. The molecule has 28 heavy (non-hydrogen) atoms. The van der Waals surface area contributed by atoms with Gasteiger partial charge in [0, 0.05) is 0 Å². The molecule has 0 heterocycles. The molecule has 1 rings (SSSR count). The Hall–Kier alpha value is -2.41. The van der Waals surface area contributed by atoms with Crippen molar-refractivity contribution in [2.24, 2.45) is 5.41 Å². The van der Waals surface area contributed by atoms with Crippen molar-refractivity contribution in [3.05, 3.63) is 94.7 Å². The van der Waals surface area contributed by atoms with E-state index < -0.39 is 0 Å². The summed E-state index contributed by atoms with van der Waals surface area (Å²) in [6.45, 7) is 13.2. The zero-order valence-corrected chi connectivity index (χ0v) is 18.5. The highest BCUT2D eigenvalue weighted by Crippen LogP contribution is 2.40. The first-order valence-electron chi connectivity index (χ1n) is 10.1. The third-order valence-electron chi connectivity index (χ3n) is 5.04. The van der Waals surface area contributed by atoms with Crippen LogP contribution in [0.3, 0.4) is 0 Å². The normalized spacial score (nSPS) is 19.7. The molecule has 0 aliphatic heterocycles. The van der Waals surface area contributed by atoms with Crippen LogP contribution >= 0.6 is 0 Å². The molecule has 1 aliphatic carbocycles. The molecule has 0 aromatic rings. The third-order valence-corrected chi connectivity index (χ3v) is 5.04. The average Bonchev–Trinajstić information content (AvgIpc) is 2.62. The highest BCUT2D eigenvalue weighted by Gasteiger charge is 2.26. The van der Waals surface area contributed by atoms with Crippen LogP contribution < -0.4 is 0 Å². The Morgan fingerprint density at radius 3 is 1.93 bits per heavy atom. The van der Waals surface area contributed by atoms with Crippen molar-refractivity contribution in [3.8, 4) is 0 Å². The minimum atomic E-state index is 0.288. The van der Waals surface area contributed by atoms with E-state index in [4.69, 9.17) is 0 Å². The first kappa shape index (κ1) is 23.6. The predicted molar refractivity (Wildman–Crippen MR) is 124 cm³/mol. The zero-order chi connectivity index (χ0) is 21.0. The molecule has 0 spiro atoms. The van der Waals surface area contributed by atoms with E-state index in [1.54, 1.807) is 6.08 Å². The van der Waals surface area contributed by atoms with Gasteiger partial charge in [0.2, 0.25) is 0 Å². The highest BCUT2D eigenvalue weighted by molar-refractivity contribution is 5.65. The maximum Gasteiger partial charge on any atom is 0.142 e. The maximum absolute atomic E-state index is 10.3. The number of rotatable bonds is 8. The largest absolute Gasteiger partial charge is 0.299 e. The van der Waals surface area contributed by atoms with Gasteiger partial charge in [0.05, 0.1) is 0 Å². The number of carbonyl (C=O) groups is 1. The van der Waals surface area contributed by atoms with E-state index in [2.05, 4.69) is 71.1 Å². The molecule has 1 aliphatic rings. The molecule has 0 aromatic heterocycles. The van der Waals surface area contributed by atoms with Crippen molar-refractivity contribution < 1.29 is 4.79 Å². The van der Waals surface area contributed by atoms with Gasteiger partial charge in [-0.15, -0.1) is 0 Å². The monoisotopic (exact) mass is 376 g/mol. The van der Waals surface area contributed by atoms with Gasteiger partial charge < -0.3 is 0 Å². The lowest BCUT2D eigenvalue weighted by Gasteiger charge is -2.32. The molecule has 0 bridgehead atoms. The summed E-state index contributed by atoms with van der Waals surface area (Å²) in [5.41, 5.74) is 6.81. The molecule has 1 nitrogen and oxygen atoms in total. The summed E-state index contributed by atoms with van der Waals surface area (Å²) in [5.74, 6) is 0. The van der Waals surface area contributed by atoms with Crippen LogP contribution in [0.4, 0.5) is 0 Å². The lowest BCUT2D eigenvalue weighted by Crippen LogP contribution is -2.19. The first-order valence-corrected chi connectivity index (χ1v) is 10.1. The molecule has 0 amide bonds. The quantitative estimate of drug-likeness (QED) is 0.240. The van der Waals surface area contributed by atoms with Crippen LogP contribution in [-0.4, -0.2) is 6.29 Å². The number of hydrogen-bond acceptors (Lipinski definition) is 1. The van der Waals surface area contributed by atoms with Crippen LogP contribution in [0, 0.1) is 5.41 Å². The van der Waals surface area contributed by atoms with E-state index in [0.29, 0.717) is 0 Å². The summed E-state index contributed by atoms with van der Waals surface area (Å²) >= 11 is 0. The van der Waals surface area contributed by atoms with E-state index in [1.807, 2.05) is 25.2 Å². The second-order valence-corrected chi connectivity index (χ2v) is 8.24. The summed E-state index contributed by atoms with van der Waals surface area (Å²) in [4.78, 5) is 10.3. The van der Waals surface area contributed by atoms with Gasteiger partial charge >= 0.3 is 0 Å². The Labute approximate surface area is 172 Å². The lowest BCUT2D eigenvalue weighted by atomic mass is 9.72. The second-order valence-electron chi connectivity index (χ2n) is 8.24. The number of allylic oxidation sites excluding steroid dienone is 16. The molecule has 150 valence electrons. The van der Waals surface area contributed by atoms with Crippen molar-refractivity contribution >= 4 is 6.29 Å². The molecule has 0 unspecified atom stereocenters. The maximum atomic E-state index is 10.3. The van der Waals surface area contributed by atoms with Crippen molar-refractivity contribution in [1.29, 1.82) is 0 Å². The van der Waals surface area contributed by atoms with E-state index in [9.17, 15) is 4.79 Å². The van der Waals surface area contributed by atoms with Gasteiger partial charge in [0.15, 0.2) is 0 Å². The van der Waals surface area contributed by atoms with Crippen molar-refractivity contribution in [2.45, 2.75) is 60.8 Å². The molecule has 0 saturated heterocycles. The molecule has 0 fully saturated rings. The topological polar surface area (TPSA) is 17.1 Å². The molecular formula is C27H36O. The average molecular weight is 377 g/mol. The van der Waals surface area contributed by atoms with Crippen LogP contribution in [0.15, 0.2) is 94.7 Å². The molecule has 0 saturated carbocycles. The van der Waals surface area contributed by atoms with Crippen LogP contribution in [0.1, 0.15) is 60.8 Å². The van der Waals surface area contributed by atoms with Crippen LogP contribution in [0.25, 0.3) is 0 Å². The SMILES string of the molecule is CC(C=CC=O)=C/C=C/C=C(C)/C=C/C=C(C)/C=C/C1=C(C)CCCC1(C)C. The summed E-state index contributed by atoms with van der Waals surface area (Å²) < 4.78 is 0. The molecule has 0 radical (unpaired) electrons. The summed E-state index contributed by atoms with van der Waals surface area (Å²) in [6, 6.07) is 0. The van der Waals surface area contributed by atoms with E-state index in [-0.39, 0.29) is 5.41 Å². The Balaban J connectivity index is 2.67. The Morgan fingerprint density at radius 2 is 1.36 bits per heavy atom. The number of hydrogen-bond donors (Lipinski definition) is 0. The van der Waals surface area contributed by atoms with Crippen molar-refractivity contribution in [1.82, 2.24) is 0 Å². The summed E-state index contributed by atoms with van der Waals surface area (Å²) in [5, 5.41) is 0. The number of carbonyl (C=O) groups excluding carboxylic acids is 1. The Kier molecular flexibility index (Phi) is 10.2. The minimum Gasteiger partial charge on any atom is -0.299 e. The van der Waals surface area contributed by atoms with Gasteiger partial charge in [-0.05, 0) is 64.0 Å². The molecule has 1 heteroatoms. The van der Waals surface area contributed by atoms with Gasteiger partial charge in [-0.25, -0.2) is 0 Å². The van der Waals surface area contributed by atoms with E-state index in [0.717, 1.165) is 11.9 Å². The van der Waals surface area contributed by atoms with Gasteiger partial charge in [-0.3, -0.25) is 4.79 Å². The number of aldehydes is 1. The molecular weight excluding hydrogens is 340 g/mol. The van der Waals surface area contributed by atoms with Crippen LogP contribution in [0.2, 0.25) is 0 Å². The molecule has 0 atom stereocenters. The fourth-order valence-electron chi connectivity index (χ4n) is 3.35. The van der Waals surface area contributed by atoms with E-state index >= 15 is 0 Å². The summed E-state index contributed by atoms with van der Waals surface area (Å²) in [7, 11) is 0. The van der Waals surface area contributed by atoms with Gasteiger partial charge in [-0.2, -0.15) is 0 Å². The van der Waals surface area contributed by atoms with Gasteiger partial charge in [0.25, 0.3) is 0 Å². The van der Waals surface area contributed by atoms with Crippen molar-refractivity contribution in [2.75, 3.05) is 0 Å². The van der Waals surface area contributed by atoms with Crippen LogP contribution in [-0.2, 0) is 4.79 Å². The standard InChI is InChI=1S/C27H36O/c1-22(12-7-8-13-23(2)16-11-21-28)14-9-15-24(3)18-19-26-25(4)17-10-20-27(26,5)6/h7-9,11-16,18-19,21H,10,17,20H2,1-6H3/b8-7+,14-9+,16-11?,19-18+,22-12+,23-13?,24-15+. The smallest absolute Gasteiger partial charge is 0.142 e. The fraction of sp³-hybridized carbons (Fsp3) is 0.370. The first-order chi connectivity index (χ1) is 13.3. The predicted octanol–water partition coefficient (Wildman–Crippen LogP) is 7.78. The Bertz CT molecular complexity index is 771.